The number of amides is 1. The molecule has 0 saturated heterocycles. The average Bonchev–Trinajstić information content (AvgIpc) is 2.62. The van der Waals surface area contributed by atoms with E-state index in [-0.39, 0.29) is 12.1 Å². The van der Waals surface area contributed by atoms with Gasteiger partial charge in [-0.2, -0.15) is 0 Å². The highest BCUT2D eigenvalue weighted by Gasteiger charge is 2.37. The van der Waals surface area contributed by atoms with Gasteiger partial charge in [-0.25, -0.2) is 5.01 Å². The zero-order chi connectivity index (χ0) is 17.4. The van der Waals surface area contributed by atoms with Gasteiger partial charge in [-0.15, -0.1) is 5.10 Å². The third-order valence-corrected chi connectivity index (χ3v) is 5.67. The Balaban J connectivity index is 1.84. The summed E-state index contributed by atoms with van der Waals surface area (Å²) in [5, 5.41) is 12.0. The molecular weight excluding hydrogens is 332 g/mol. The molecule has 1 N–H and O–H groups in total. The van der Waals surface area contributed by atoms with E-state index in [1.54, 1.807) is 11.8 Å². The second kappa shape index (κ2) is 6.67. The number of carbonyl (C=O) groups excluding carboxylic acids is 1. The highest BCUT2D eigenvalue weighted by atomic mass is 32.2. The summed E-state index contributed by atoms with van der Waals surface area (Å²) in [6.45, 7) is 4.24. The predicted molar refractivity (Wildman–Crippen MR) is 101 cm³/mol. The third-order valence-electron chi connectivity index (χ3n) is 4.93. The number of thioether (sulfide) groups is 1. The number of benzene rings is 1. The molecule has 4 rings (SSSR count). The molecule has 2 heterocycles. The van der Waals surface area contributed by atoms with Crippen LogP contribution in [0.15, 0.2) is 46.0 Å². The first-order chi connectivity index (χ1) is 12.2. The van der Waals surface area contributed by atoms with Crippen LogP contribution in [0, 0.1) is 5.92 Å². The fourth-order valence-corrected chi connectivity index (χ4v) is 4.20. The molecule has 0 unspecified atom stereocenters. The topological polar surface area (TPSA) is 57.1 Å². The Hall–Kier alpha value is -2.08. The quantitative estimate of drug-likeness (QED) is 0.826. The van der Waals surface area contributed by atoms with Crippen molar-refractivity contribution in [3.8, 4) is 0 Å². The van der Waals surface area contributed by atoms with E-state index in [4.69, 9.17) is 10.1 Å². The number of amidine groups is 1. The van der Waals surface area contributed by atoms with Gasteiger partial charge in [-0.1, -0.05) is 48.5 Å². The molecule has 2 aliphatic heterocycles. The van der Waals surface area contributed by atoms with E-state index in [1.165, 1.54) is 5.57 Å². The van der Waals surface area contributed by atoms with Gasteiger partial charge in [0.05, 0.1) is 5.36 Å². The van der Waals surface area contributed by atoms with Crippen LogP contribution in [0.2, 0.25) is 0 Å². The summed E-state index contributed by atoms with van der Waals surface area (Å²) in [5.74, 6) is 1.15. The molecule has 0 saturated carbocycles. The molecule has 0 radical (unpaired) electrons. The van der Waals surface area contributed by atoms with Crippen molar-refractivity contribution in [1.82, 2.24) is 10.3 Å². The largest absolute Gasteiger partial charge is 0.298 e. The molecule has 0 aromatic heterocycles. The molecule has 0 bridgehead atoms. The summed E-state index contributed by atoms with van der Waals surface area (Å²) >= 11 is 1.55. The molecule has 1 aromatic carbocycles. The number of nitrogens with one attached hydrogen (secondary N) is 1. The maximum Gasteiger partial charge on any atom is 0.276 e. The van der Waals surface area contributed by atoms with Crippen molar-refractivity contribution in [3.05, 3.63) is 46.5 Å². The number of hydrogen-bond donors (Lipinski definition) is 1. The van der Waals surface area contributed by atoms with Gasteiger partial charge in [0.25, 0.3) is 5.91 Å². The van der Waals surface area contributed by atoms with Gasteiger partial charge in [0.1, 0.15) is 11.9 Å². The monoisotopic (exact) mass is 354 g/mol. The van der Waals surface area contributed by atoms with Crippen molar-refractivity contribution < 1.29 is 4.79 Å². The van der Waals surface area contributed by atoms with Gasteiger partial charge in [0, 0.05) is 11.1 Å². The van der Waals surface area contributed by atoms with Crippen LogP contribution < -0.4 is 15.9 Å². The maximum atomic E-state index is 12.8. The Kier molecular flexibility index (Phi) is 4.37. The van der Waals surface area contributed by atoms with Crippen molar-refractivity contribution in [2.45, 2.75) is 39.3 Å². The summed E-state index contributed by atoms with van der Waals surface area (Å²) in [4.78, 5) is 17.8. The maximum absolute atomic E-state index is 12.8. The van der Waals surface area contributed by atoms with Crippen LogP contribution in [-0.4, -0.2) is 28.0 Å². The molecule has 2 atom stereocenters. The fraction of sp³-hybridized carbons (Fsp3) is 0.421. The van der Waals surface area contributed by atoms with Crippen LogP contribution in [0.4, 0.5) is 0 Å². The van der Waals surface area contributed by atoms with Crippen LogP contribution in [0.1, 0.15) is 33.1 Å². The molecule has 25 heavy (non-hydrogen) atoms. The first-order valence-electron chi connectivity index (χ1n) is 8.82. The Morgan fingerprint density at radius 2 is 2.20 bits per heavy atom. The van der Waals surface area contributed by atoms with Crippen LogP contribution in [0.3, 0.4) is 0 Å². The number of rotatable bonds is 2. The molecule has 3 aliphatic rings. The lowest BCUT2D eigenvalue weighted by Crippen LogP contribution is -2.54. The van der Waals surface area contributed by atoms with Crippen molar-refractivity contribution in [3.63, 3.8) is 0 Å². The summed E-state index contributed by atoms with van der Waals surface area (Å²) < 4.78 is 0. The van der Waals surface area contributed by atoms with Crippen molar-refractivity contribution >= 4 is 28.5 Å². The van der Waals surface area contributed by atoms with Crippen molar-refractivity contribution in [2.75, 3.05) is 5.75 Å². The third kappa shape index (κ3) is 2.99. The Morgan fingerprint density at radius 3 is 2.96 bits per heavy atom. The van der Waals surface area contributed by atoms with Gasteiger partial charge in [0.15, 0.2) is 5.17 Å². The lowest BCUT2D eigenvalue weighted by atomic mass is 9.87. The molecule has 0 spiro atoms. The minimum absolute atomic E-state index is 0.0826. The number of fused-ring (bicyclic) bond motifs is 2. The van der Waals surface area contributed by atoms with Crippen LogP contribution in [0.5, 0.6) is 0 Å². The Labute approximate surface area is 151 Å². The molecule has 6 heteroatoms. The minimum Gasteiger partial charge on any atom is -0.298 e. The second-order valence-corrected chi connectivity index (χ2v) is 7.88. The van der Waals surface area contributed by atoms with Crippen molar-refractivity contribution in [1.29, 1.82) is 0 Å². The number of nitrogens with zero attached hydrogens (tertiary/aromatic N) is 3. The van der Waals surface area contributed by atoms with E-state index in [0.29, 0.717) is 16.8 Å². The van der Waals surface area contributed by atoms with Crippen LogP contribution >= 0.6 is 11.8 Å². The van der Waals surface area contributed by atoms with Gasteiger partial charge in [0.2, 0.25) is 0 Å². The van der Waals surface area contributed by atoms with Crippen molar-refractivity contribution in [2.24, 2.45) is 16.0 Å². The highest BCUT2D eigenvalue weighted by Crippen LogP contribution is 2.32. The van der Waals surface area contributed by atoms with Gasteiger partial charge in [-0.3, -0.25) is 15.1 Å². The molecule has 1 amide bonds. The number of carbonyl (C=O) groups is 1. The predicted octanol–water partition coefficient (Wildman–Crippen LogP) is 1.96. The lowest BCUT2D eigenvalue weighted by Gasteiger charge is -2.38. The van der Waals surface area contributed by atoms with E-state index in [2.05, 4.69) is 25.2 Å². The Bertz CT molecular complexity index is 889. The number of allylic oxidation sites excluding steroid dienone is 2. The zero-order valence-electron chi connectivity index (χ0n) is 14.5. The molecule has 1 aromatic rings. The summed E-state index contributed by atoms with van der Waals surface area (Å²) in [5.41, 5.74) is 2.07. The number of para-hydroxylation sites is 1. The number of hydrogen-bond acceptors (Lipinski definition) is 5. The second-order valence-electron chi connectivity index (χ2n) is 6.63. The van der Waals surface area contributed by atoms with E-state index in [1.807, 2.05) is 29.3 Å². The smallest absolute Gasteiger partial charge is 0.276 e. The standard InChI is InChI=1S/C19H22N4OS/c1-3-25-19-21-18(24)16-14-6-4-5-7-15(14)20-17(23(16)22-19)13-10-8-12(2)9-11-13/h4-8,13,17H,3,9-11H2,1-2H3,(H,21,22,24)/t13-,17+/m0/s1. The summed E-state index contributed by atoms with van der Waals surface area (Å²) in [7, 11) is 0. The lowest BCUT2D eigenvalue weighted by molar-refractivity contribution is -0.116. The molecule has 0 fully saturated rings. The van der Waals surface area contributed by atoms with Gasteiger partial charge < -0.3 is 0 Å². The first kappa shape index (κ1) is 16.4. The number of hydrazone groups is 1. The first-order valence-corrected chi connectivity index (χ1v) is 9.80. The average molecular weight is 354 g/mol. The normalized spacial score (nSPS) is 25.3. The summed E-state index contributed by atoms with van der Waals surface area (Å²) in [6, 6.07) is 7.86. The zero-order valence-corrected chi connectivity index (χ0v) is 15.3. The van der Waals surface area contributed by atoms with Crippen LogP contribution in [-0.2, 0) is 4.79 Å². The SMILES string of the molecule is CCSC1=NN2C(=c3ccccc3=N[C@H]2[C@H]2CC=C(C)CC2)C(=O)N1. The molecule has 130 valence electrons. The van der Waals surface area contributed by atoms with Gasteiger partial charge in [-0.05, 0) is 38.0 Å². The Morgan fingerprint density at radius 1 is 1.36 bits per heavy atom. The van der Waals surface area contributed by atoms with E-state index in [0.717, 1.165) is 35.6 Å². The van der Waals surface area contributed by atoms with E-state index in [9.17, 15) is 4.79 Å². The molecular formula is C19H22N4OS. The minimum atomic E-state index is -0.118. The highest BCUT2D eigenvalue weighted by molar-refractivity contribution is 8.13. The molecule has 1 aliphatic carbocycles. The molecule has 5 nitrogen and oxygen atoms in total. The van der Waals surface area contributed by atoms with E-state index >= 15 is 0 Å². The van der Waals surface area contributed by atoms with Gasteiger partial charge >= 0.3 is 0 Å². The van der Waals surface area contributed by atoms with E-state index < -0.39 is 0 Å². The fourth-order valence-electron chi connectivity index (χ4n) is 3.62. The summed E-state index contributed by atoms with van der Waals surface area (Å²) in [6.07, 6.45) is 5.34. The van der Waals surface area contributed by atoms with Crippen LogP contribution in [0.25, 0.3) is 5.70 Å².